The van der Waals surface area contributed by atoms with Crippen molar-refractivity contribution in [3.05, 3.63) is 65.0 Å². The molecule has 1 amide bonds. The van der Waals surface area contributed by atoms with Crippen LogP contribution >= 0.6 is 0 Å². The van der Waals surface area contributed by atoms with Gasteiger partial charge in [-0.3, -0.25) is 14.4 Å². The van der Waals surface area contributed by atoms with Crippen LogP contribution in [0.25, 0.3) is 0 Å². The van der Waals surface area contributed by atoms with E-state index < -0.39 is 35.3 Å². The number of likely N-dealkylation sites (tertiary alicyclic amines) is 1. The predicted octanol–water partition coefficient (Wildman–Crippen LogP) is 2.02. The summed E-state index contributed by atoms with van der Waals surface area (Å²) < 4.78 is 20.3. The van der Waals surface area contributed by atoms with Gasteiger partial charge in [0.05, 0.1) is 33.3 Å². The highest BCUT2D eigenvalue weighted by atomic mass is 19.1. The van der Waals surface area contributed by atoms with Crippen LogP contribution in [0.5, 0.6) is 5.75 Å². The van der Waals surface area contributed by atoms with Gasteiger partial charge in [-0.1, -0.05) is 18.2 Å². The number of benzene rings is 2. The molecule has 2 aromatic rings. The predicted molar refractivity (Wildman–Crippen MR) is 118 cm³/mol. The van der Waals surface area contributed by atoms with E-state index in [1.165, 1.54) is 15.9 Å². The Morgan fingerprint density at radius 1 is 1.16 bits per heavy atom. The number of halogens is 1. The van der Waals surface area contributed by atoms with E-state index in [-0.39, 0.29) is 12.1 Å². The Balaban J connectivity index is 2.01. The lowest BCUT2D eigenvalue weighted by molar-refractivity contribution is -0.858. The SMILES string of the molecule is CCOc1ccc(C(=O)C2C(=O)C(=O)N(CCC[NH+](C)C)C2c2ccccc2F)cc1C. The van der Waals surface area contributed by atoms with Gasteiger partial charge < -0.3 is 14.5 Å². The molecule has 2 unspecified atom stereocenters. The van der Waals surface area contributed by atoms with Crippen LogP contribution in [0, 0.1) is 18.7 Å². The number of aryl methyl sites for hydroxylation is 1. The Kier molecular flexibility index (Phi) is 7.40. The molecule has 6 nitrogen and oxygen atoms in total. The van der Waals surface area contributed by atoms with Gasteiger partial charge in [0.1, 0.15) is 17.5 Å². The van der Waals surface area contributed by atoms with Crippen LogP contribution in [-0.2, 0) is 9.59 Å². The van der Waals surface area contributed by atoms with Crippen LogP contribution < -0.4 is 9.64 Å². The smallest absolute Gasteiger partial charge is 0.291 e. The van der Waals surface area contributed by atoms with Crippen molar-refractivity contribution >= 4 is 17.5 Å². The molecule has 1 aliphatic rings. The number of amides is 1. The van der Waals surface area contributed by atoms with Crippen LogP contribution in [-0.4, -0.2) is 56.2 Å². The number of quaternary nitrogens is 1. The Morgan fingerprint density at radius 2 is 1.88 bits per heavy atom. The van der Waals surface area contributed by atoms with Crippen LogP contribution in [0.15, 0.2) is 42.5 Å². The number of Topliss-reactive ketones (excluding diaryl/α,β-unsaturated/α-hetero) is 2. The minimum atomic E-state index is -1.29. The number of hydrogen-bond acceptors (Lipinski definition) is 4. The number of ketones is 2. The van der Waals surface area contributed by atoms with E-state index in [4.69, 9.17) is 4.74 Å². The highest BCUT2D eigenvalue weighted by molar-refractivity contribution is 6.44. The van der Waals surface area contributed by atoms with E-state index in [0.717, 1.165) is 12.1 Å². The Bertz CT molecular complexity index is 1020. The lowest BCUT2D eigenvalue weighted by Crippen LogP contribution is -3.05. The van der Waals surface area contributed by atoms with Gasteiger partial charge in [0.15, 0.2) is 5.78 Å². The number of nitrogens with one attached hydrogen (secondary N) is 1. The van der Waals surface area contributed by atoms with Crippen molar-refractivity contribution < 1.29 is 28.4 Å². The Labute approximate surface area is 188 Å². The lowest BCUT2D eigenvalue weighted by atomic mass is 9.85. The summed E-state index contributed by atoms with van der Waals surface area (Å²) in [7, 11) is 3.98. The van der Waals surface area contributed by atoms with Crippen molar-refractivity contribution in [2.75, 3.05) is 33.8 Å². The topological polar surface area (TPSA) is 68.1 Å². The lowest BCUT2D eigenvalue weighted by Gasteiger charge is -2.27. The number of ether oxygens (including phenoxy) is 1. The first kappa shape index (κ1) is 23.6. The molecule has 0 spiro atoms. The molecule has 0 aromatic heterocycles. The van der Waals surface area contributed by atoms with Gasteiger partial charge >= 0.3 is 0 Å². The third-order valence-corrected chi connectivity index (χ3v) is 5.75. The van der Waals surface area contributed by atoms with E-state index >= 15 is 0 Å². The van der Waals surface area contributed by atoms with Gasteiger partial charge in [-0.15, -0.1) is 0 Å². The zero-order valence-corrected chi connectivity index (χ0v) is 19.0. The molecule has 1 aliphatic heterocycles. The average molecular weight is 442 g/mol. The van der Waals surface area contributed by atoms with Crippen LogP contribution in [0.2, 0.25) is 0 Å². The van der Waals surface area contributed by atoms with Gasteiger partial charge in [-0.2, -0.15) is 0 Å². The summed E-state index contributed by atoms with van der Waals surface area (Å²) in [6.07, 6.45) is 0.634. The van der Waals surface area contributed by atoms with Crippen molar-refractivity contribution in [1.29, 1.82) is 0 Å². The van der Waals surface area contributed by atoms with Crippen molar-refractivity contribution in [3.63, 3.8) is 0 Å². The van der Waals surface area contributed by atoms with E-state index in [1.807, 2.05) is 27.9 Å². The average Bonchev–Trinajstić information content (AvgIpc) is 3.00. The normalized spacial score (nSPS) is 18.5. The molecular weight excluding hydrogens is 411 g/mol. The molecule has 0 radical (unpaired) electrons. The van der Waals surface area contributed by atoms with Gasteiger partial charge in [0, 0.05) is 24.1 Å². The fraction of sp³-hybridized carbons (Fsp3) is 0.400. The Hall–Kier alpha value is -3.06. The summed E-state index contributed by atoms with van der Waals surface area (Å²) in [5.41, 5.74) is 1.24. The summed E-state index contributed by atoms with van der Waals surface area (Å²) in [4.78, 5) is 42.0. The third kappa shape index (κ3) is 4.72. The van der Waals surface area contributed by atoms with E-state index in [1.54, 1.807) is 36.4 Å². The number of rotatable bonds is 9. The van der Waals surface area contributed by atoms with E-state index in [2.05, 4.69) is 0 Å². The Morgan fingerprint density at radius 3 is 2.50 bits per heavy atom. The van der Waals surface area contributed by atoms with Crippen molar-refractivity contribution in [3.8, 4) is 5.75 Å². The fourth-order valence-corrected chi connectivity index (χ4v) is 4.19. The molecule has 0 bridgehead atoms. The standard InChI is InChI=1S/C25H29FN2O4/c1-5-32-20-12-11-17(15-16(20)2)23(29)21-22(18-9-6-7-10-19(18)26)28(25(31)24(21)30)14-8-13-27(3)4/h6-7,9-12,15,21-22H,5,8,13-14H2,1-4H3/p+1. The van der Waals surface area contributed by atoms with Crippen molar-refractivity contribution in [2.45, 2.75) is 26.3 Å². The molecule has 1 N–H and O–H groups in total. The molecule has 1 heterocycles. The molecule has 2 aromatic carbocycles. The molecule has 1 fully saturated rings. The molecule has 1 saturated heterocycles. The maximum atomic E-state index is 14.8. The summed E-state index contributed by atoms with van der Waals surface area (Å²) in [6.45, 7) is 5.22. The number of carbonyl (C=O) groups is 3. The van der Waals surface area contributed by atoms with E-state index in [0.29, 0.717) is 24.3 Å². The monoisotopic (exact) mass is 441 g/mol. The molecule has 2 atom stereocenters. The largest absolute Gasteiger partial charge is 0.494 e. The fourth-order valence-electron chi connectivity index (χ4n) is 4.19. The van der Waals surface area contributed by atoms with Crippen LogP contribution in [0.3, 0.4) is 0 Å². The summed E-state index contributed by atoms with van der Waals surface area (Å²) in [5, 5.41) is 0. The molecule has 0 aliphatic carbocycles. The van der Waals surface area contributed by atoms with Gasteiger partial charge in [0.2, 0.25) is 5.78 Å². The third-order valence-electron chi connectivity index (χ3n) is 5.75. The van der Waals surface area contributed by atoms with Gasteiger partial charge in [-0.25, -0.2) is 4.39 Å². The van der Waals surface area contributed by atoms with Crippen LogP contribution in [0.4, 0.5) is 4.39 Å². The second-order valence-corrected chi connectivity index (χ2v) is 8.40. The number of hydrogen-bond donors (Lipinski definition) is 1. The molecule has 170 valence electrons. The quantitative estimate of drug-likeness (QED) is 0.367. The minimum Gasteiger partial charge on any atom is -0.494 e. The highest BCUT2D eigenvalue weighted by Gasteiger charge is 2.52. The van der Waals surface area contributed by atoms with Crippen molar-refractivity contribution in [2.24, 2.45) is 5.92 Å². The summed E-state index contributed by atoms with van der Waals surface area (Å²) in [5.74, 6) is -3.17. The van der Waals surface area contributed by atoms with Gasteiger partial charge in [0.25, 0.3) is 5.91 Å². The zero-order valence-electron chi connectivity index (χ0n) is 19.0. The van der Waals surface area contributed by atoms with Crippen LogP contribution in [0.1, 0.15) is 40.9 Å². The second kappa shape index (κ2) is 10.0. The van der Waals surface area contributed by atoms with E-state index in [9.17, 15) is 18.8 Å². The summed E-state index contributed by atoms with van der Waals surface area (Å²) in [6, 6.07) is 9.99. The highest BCUT2D eigenvalue weighted by Crippen LogP contribution is 2.39. The first-order chi connectivity index (χ1) is 15.3. The molecule has 7 heteroatoms. The van der Waals surface area contributed by atoms with Gasteiger partial charge in [-0.05, 0) is 43.7 Å². The summed E-state index contributed by atoms with van der Waals surface area (Å²) >= 11 is 0. The molecular formula is C25H30FN2O4+. The molecule has 0 saturated carbocycles. The number of nitrogens with zero attached hydrogens (tertiary/aromatic N) is 1. The maximum absolute atomic E-state index is 14.8. The van der Waals surface area contributed by atoms with Crippen molar-refractivity contribution in [1.82, 2.24) is 4.90 Å². The second-order valence-electron chi connectivity index (χ2n) is 8.40. The maximum Gasteiger partial charge on any atom is 0.291 e. The minimum absolute atomic E-state index is 0.185. The molecule has 32 heavy (non-hydrogen) atoms. The molecule has 3 rings (SSSR count). The first-order valence-electron chi connectivity index (χ1n) is 10.9. The first-order valence-corrected chi connectivity index (χ1v) is 10.9. The number of carbonyl (C=O) groups excluding carboxylic acids is 3. The zero-order chi connectivity index (χ0) is 23.4.